The molecule has 1 aromatic carbocycles. The zero-order chi connectivity index (χ0) is 18.6. The van der Waals surface area contributed by atoms with Crippen molar-refractivity contribution in [1.29, 1.82) is 0 Å². The van der Waals surface area contributed by atoms with Crippen LogP contribution in [0.25, 0.3) is 11.1 Å². The van der Waals surface area contributed by atoms with Crippen LogP contribution in [0.3, 0.4) is 0 Å². The fourth-order valence-corrected chi connectivity index (χ4v) is 3.95. The minimum atomic E-state index is 0.0961. The smallest absolute Gasteiger partial charge is 0.253 e. The lowest BCUT2D eigenvalue weighted by Crippen LogP contribution is -2.41. The van der Waals surface area contributed by atoms with Crippen LogP contribution in [0.1, 0.15) is 28.8 Å². The van der Waals surface area contributed by atoms with Gasteiger partial charge in [0.1, 0.15) is 6.10 Å². The molecule has 1 aliphatic heterocycles. The maximum absolute atomic E-state index is 12.8. The average molecular weight is 378 g/mol. The van der Waals surface area contributed by atoms with E-state index in [-0.39, 0.29) is 12.0 Å². The molecule has 2 aromatic heterocycles. The van der Waals surface area contributed by atoms with E-state index >= 15 is 0 Å². The first-order valence-corrected chi connectivity index (χ1v) is 10.1. The first-order valence-electron chi connectivity index (χ1n) is 9.20. The number of carbonyl (C=O) groups is 1. The minimum absolute atomic E-state index is 0.0961. The summed E-state index contributed by atoms with van der Waals surface area (Å²) in [5.41, 5.74) is 4.20. The van der Waals surface area contributed by atoms with Gasteiger partial charge in [-0.25, -0.2) is 4.98 Å². The Morgan fingerprint density at radius 2 is 1.85 bits per heavy atom. The van der Waals surface area contributed by atoms with Crippen LogP contribution < -0.4 is 4.74 Å². The number of carbonyl (C=O) groups excluding carboxylic acids is 1. The van der Waals surface area contributed by atoms with Crippen molar-refractivity contribution in [1.82, 2.24) is 9.88 Å². The van der Waals surface area contributed by atoms with E-state index in [1.165, 1.54) is 5.56 Å². The third-order valence-corrected chi connectivity index (χ3v) is 5.57. The van der Waals surface area contributed by atoms with E-state index in [1.54, 1.807) is 11.3 Å². The van der Waals surface area contributed by atoms with Gasteiger partial charge in [0.05, 0.1) is 0 Å². The molecule has 5 heteroatoms. The summed E-state index contributed by atoms with van der Waals surface area (Å²) in [6, 6.07) is 13.9. The topological polar surface area (TPSA) is 42.4 Å². The van der Waals surface area contributed by atoms with Gasteiger partial charge < -0.3 is 9.64 Å². The van der Waals surface area contributed by atoms with Gasteiger partial charge in [0.2, 0.25) is 5.88 Å². The van der Waals surface area contributed by atoms with Crippen molar-refractivity contribution in [3.63, 3.8) is 0 Å². The molecule has 0 N–H and O–H groups in total. The van der Waals surface area contributed by atoms with Crippen LogP contribution in [0.2, 0.25) is 0 Å². The predicted molar refractivity (Wildman–Crippen MR) is 108 cm³/mol. The molecule has 0 aliphatic carbocycles. The highest BCUT2D eigenvalue weighted by Gasteiger charge is 2.25. The molecule has 1 aliphatic rings. The van der Waals surface area contributed by atoms with Gasteiger partial charge in [-0.15, -0.1) is 0 Å². The number of aromatic nitrogens is 1. The molecule has 0 spiro atoms. The zero-order valence-corrected chi connectivity index (χ0v) is 16.1. The standard InChI is InChI=1S/C22H22N2O2S/c1-16-2-7-21(23-14-16)26-20-8-11-24(12-9-20)22(25)18-5-3-17(4-6-18)19-10-13-27-15-19/h2-7,10,13-15,20H,8-9,11-12H2,1H3. The lowest BCUT2D eigenvalue weighted by molar-refractivity contribution is 0.0588. The number of piperidine rings is 1. The Hall–Kier alpha value is -2.66. The normalized spacial score (nSPS) is 14.9. The van der Waals surface area contributed by atoms with Crippen molar-refractivity contribution >= 4 is 17.2 Å². The largest absolute Gasteiger partial charge is 0.474 e. The van der Waals surface area contributed by atoms with Crippen LogP contribution in [0.5, 0.6) is 5.88 Å². The summed E-state index contributed by atoms with van der Waals surface area (Å²) in [6.45, 7) is 3.43. The van der Waals surface area contributed by atoms with Crippen molar-refractivity contribution < 1.29 is 9.53 Å². The number of nitrogens with zero attached hydrogens (tertiary/aromatic N) is 2. The molecule has 0 atom stereocenters. The highest BCUT2D eigenvalue weighted by atomic mass is 32.1. The van der Waals surface area contributed by atoms with E-state index in [2.05, 4.69) is 21.8 Å². The van der Waals surface area contributed by atoms with Crippen molar-refractivity contribution in [3.8, 4) is 17.0 Å². The lowest BCUT2D eigenvalue weighted by Gasteiger charge is -2.32. The predicted octanol–water partition coefficient (Wildman–Crippen LogP) is 4.80. The quantitative estimate of drug-likeness (QED) is 0.655. The highest BCUT2D eigenvalue weighted by Crippen LogP contribution is 2.24. The maximum Gasteiger partial charge on any atom is 0.253 e. The van der Waals surface area contributed by atoms with Crippen molar-refractivity contribution in [2.45, 2.75) is 25.9 Å². The third kappa shape index (κ3) is 4.19. The molecule has 3 aromatic rings. The molecular formula is C22H22N2O2S. The number of amides is 1. The molecule has 138 valence electrons. The molecule has 27 heavy (non-hydrogen) atoms. The number of likely N-dealkylation sites (tertiary alicyclic amines) is 1. The molecule has 0 bridgehead atoms. The number of ether oxygens (including phenoxy) is 1. The van der Waals surface area contributed by atoms with Gasteiger partial charge >= 0.3 is 0 Å². The van der Waals surface area contributed by atoms with Gasteiger partial charge in [-0.3, -0.25) is 4.79 Å². The Kier molecular flexibility index (Phi) is 5.21. The van der Waals surface area contributed by atoms with Gasteiger partial charge in [-0.2, -0.15) is 11.3 Å². The van der Waals surface area contributed by atoms with E-state index in [1.807, 2.05) is 54.4 Å². The summed E-state index contributed by atoms with van der Waals surface area (Å²) in [6.07, 6.45) is 3.58. The molecule has 4 rings (SSSR count). The SMILES string of the molecule is Cc1ccc(OC2CCN(C(=O)c3ccc(-c4ccsc4)cc3)CC2)nc1. The zero-order valence-electron chi connectivity index (χ0n) is 15.3. The van der Waals surface area contributed by atoms with E-state index < -0.39 is 0 Å². The van der Waals surface area contributed by atoms with E-state index in [4.69, 9.17) is 4.74 Å². The summed E-state index contributed by atoms with van der Waals surface area (Å²) < 4.78 is 5.95. The van der Waals surface area contributed by atoms with Gasteiger partial charge in [-0.05, 0) is 52.6 Å². The first kappa shape index (κ1) is 17.7. The summed E-state index contributed by atoms with van der Waals surface area (Å²) in [7, 11) is 0. The molecule has 3 heterocycles. The fraction of sp³-hybridized carbons (Fsp3) is 0.273. The molecule has 0 radical (unpaired) electrons. The maximum atomic E-state index is 12.8. The van der Waals surface area contributed by atoms with Gasteiger partial charge in [0.25, 0.3) is 5.91 Å². The third-order valence-electron chi connectivity index (χ3n) is 4.89. The van der Waals surface area contributed by atoms with Gasteiger partial charge in [-0.1, -0.05) is 18.2 Å². The first-order chi connectivity index (χ1) is 13.2. The van der Waals surface area contributed by atoms with Crippen molar-refractivity contribution in [3.05, 3.63) is 70.5 Å². The number of rotatable bonds is 4. The van der Waals surface area contributed by atoms with Crippen LogP contribution in [0.15, 0.2) is 59.4 Å². The number of aryl methyl sites for hydroxylation is 1. The van der Waals surface area contributed by atoms with Gasteiger partial charge in [0.15, 0.2) is 0 Å². The van der Waals surface area contributed by atoms with Crippen LogP contribution in [0, 0.1) is 6.92 Å². The molecule has 1 fully saturated rings. The average Bonchev–Trinajstić information content (AvgIpc) is 3.25. The Morgan fingerprint density at radius 3 is 2.48 bits per heavy atom. The van der Waals surface area contributed by atoms with Gasteiger partial charge in [0, 0.05) is 43.8 Å². The molecule has 1 amide bonds. The Balaban J connectivity index is 1.33. The molecular weight excluding hydrogens is 356 g/mol. The summed E-state index contributed by atoms with van der Waals surface area (Å²) in [5, 5.41) is 4.18. The second-order valence-corrected chi connectivity index (χ2v) is 7.65. The number of hydrogen-bond donors (Lipinski definition) is 0. The van der Waals surface area contributed by atoms with E-state index in [0.29, 0.717) is 19.0 Å². The Morgan fingerprint density at radius 1 is 1.07 bits per heavy atom. The highest BCUT2D eigenvalue weighted by molar-refractivity contribution is 7.08. The fourth-order valence-electron chi connectivity index (χ4n) is 3.29. The van der Waals surface area contributed by atoms with Crippen LogP contribution in [-0.2, 0) is 0 Å². The number of hydrogen-bond acceptors (Lipinski definition) is 4. The monoisotopic (exact) mass is 378 g/mol. The Labute approximate surface area is 163 Å². The van der Waals surface area contributed by atoms with Crippen molar-refractivity contribution in [2.75, 3.05) is 13.1 Å². The number of benzene rings is 1. The van der Waals surface area contributed by atoms with Crippen molar-refractivity contribution in [2.24, 2.45) is 0 Å². The van der Waals surface area contributed by atoms with Crippen LogP contribution in [0.4, 0.5) is 0 Å². The summed E-state index contributed by atoms with van der Waals surface area (Å²) >= 11 is 1.68. The minimum Gasteiger partial charge on any atom is -0.474 e. The number of thiophene rings is 1. The van der Waals surface area contributed by atoms with Crippen LogP contribution >= 0.6 is 11.3 Å². The second kappa shape index (κ2) is 7.92. The number of pyridine rings is 1. The lowest BCUT2D eigenvalue weighted by atomic mass is 10.0. The molecule has 0 unspecified atom stereocenters. The molecule has 1 saturated heterocycles. The summed E-state index contributed by atoms with van der Waals surface area (Å²) in [4.78, 5) is 19.0. The Bertz CT molecular complexity index is 881. The molecule has 0 saturated carbocycles. The molecule has 4 nitrogen and oxygen atoms in total. The van der Waals surface area contributed by atoms with E-state index in [9.17, 15) is 4.79 Å². The van der Waals surface area contributed by atoms with Crippen LogP contribution in [-0.4, -0.2) is 35.0 Å². The summed E-state index contributed by atoms with van der Waals surface area (Å²) in [5.74, 6) is 0.758. The van der Waals surface area contributed by atoms with E-state index in [0.717, 1.165) is 29.5 Å². The second-order valence-electron chi connectivity index (χ2n) is 6.87.